The monoisotopic (exact) mass is 1090 g/mol. The van der Waals surface area contributed by atoms with Crippen LogP contribution >= 0.6 is 0 Å². The first-order valence-electron chi connectivity index (χ1n) is 23.1. The Morgan fingerprint density at radius 3 is 1.41 bits per heavy atom. The van der Waals surface area contributed by atoms with Gasteiger partial charge in [-0.2, -0.15) is 13.2 Å². The number of carboxylic acid groups (broad SMARTS) is 3. The van der Waals surface area contributed by atoms with Gasteiger partial charge >= 0.3 is 24.1 Å². The number of amides is 8. The van der Waals surface area contributed by atoms with Gasteiger partial charge in [0.2, 0.25) is 47.3 Å². The number of halogens is 3. The number of alkyl halides is 3. The van der Waals surface area contributed by atoms with E-state index in [0.717, 1.165) is 19.4 Å². The highest BCUT2D eigenvalue weighted by atomic mass is 19.4. The zero-order valence-corrected chi connectivity index (χ0v) is 41.6. The molecule has 19 N–H and O–H groups in total. The van der Waals surface area contributed by atoms with Gasteiger partial charge in [-0.15, -0.1) is 0 Å². The number of carboxylic acids is 3. The molecule has 0 spiro atoms. The van der Waals surface area contributed by atoms with Crippen LogP contribution < -0.4 is 54.0 Å². The lowest BCUT2D eigenvalue weighted by Gasteiger charge is -2.29. The fourth-order valence-electron chi connectivity index (χ4n) is 6.22. The van der Waals surface area contributed by atoms with Crippen molar-refractivity contribution >= 4 is 65.2 Å². The number of nitrogens with one attached hydrogen (secondary N) is 8. The van der Waals surface area contributed by atoms with Crippen LogP contribution in [0.4, 0.5) is 13.2 Å². The molecule has 0 radical (unpaired) electrons. The van der Waals surface area contributed by atoms with E-state index in [-0.39, 0.29) is 19.4 Å². The van der Waals surface area contributed by atoms with E-state index in [4.69, 9.17) is 21.4 Å². The van der Waals surface area contributed by atoms with Gasteiger partial charge in [0.15, 0.2) is 0 Å². The minimum Gasteiger partial charge on any atom is -0.481 e. The van der Waals surface area contributed by atoms with Gasteiger partial charge in [0, 0.05) is 0 Å². The lowest BCUT2D eigenvalue weighted by molar-refractivity contribution is -0.192. The number of carbonyl (C=O) groups is 11. The van der Waals surface area contributed by atoms with E-state index in [9.17, 15) is 91.8 Å². The third-order valence-corrected chi connectivity index (χ3v) is 10.8. The molecule has 0 aliphatic rings. The zero-order chi connectivity index (χ0) is 57.9. The molecule has 1 aromatic rings. The molecule has 0 heterocycles. The largest absolute Gasteiger partial charge is 0.490 e. The maximum Gasteiger partial charge on any atom is 0.490 e. The van der Waals surface area contributed by atoms with Crippen LogP contribution in [0.1, 0.15) is 72.3 Å². The Morgan fingerprint density at radius 1 is 0.573 bits per heavy atom. The maximum absolute atomic E-state index is 13.6. The normalized spacial score (nSPS) is 15.9. The van der Waals surface area contributed by atoms with Crippen LogP contribution in [-0.2, 0) is 59.2 Å². The number of aliphatic hydroxyl groups excluding tert-OH is 4. The molecule has 0 saturated heterocycles. The van der Waals surface area contributed by atoms with Gasteiger partial charge < -0.3 is 89.7 Å². The second kappa shape index (κ2) is 33.7. The quantitative estimate of drug-likeness (QED) is 0.0187. The topological polar surface area (TPSA) is 478 Å². The number of benzene rings is 1. The number of aliphatic carboxylic acids is 3. The second-order valence-electron chi connectivity index (χ2n) is 17.0. The molecule has 28 nitrogen and oxygen atoms in total. The highest BCUT2D eigenvalue weighted by molar-refractivity contribution is 5.99. The van der Waals surface area contributed by atoms with Gasteiger partial charge in [0.1, 0.15) is 48.3 Å². The average Bonchev–Trinajstić information content (AvgIpc) is 3.33. The molecule has 0 bridgehead atoms. The van der Waals surface area contributed by atoms with E-state index in [1.165, 1.54) is 6.92 Å². The zero-order valence-electron chi connectivity index (χ0n) is 41.6. The van der Waals surface area contributed by atoms with Crippen LogP contribution in [0.3, 0.4) is 0 Å². The Labute approximate surface area is 427 Å². The Hall–Kier alpha value is -7.06. The van der Waals surface area contributed by atoms with Crippen molar-refractivity contribution in [2.75, 3.05) is 19.8 Å². The highest BCUT2D eigenvalue weighted by Crippen LogP contribution is 2.13. The number of rotatable bonds is 31. The number of unbranched alkanes of at least 4 members (excludes halogenated alkanes) is 1. The van der Waals surface area contributed by atoms with E-state index in [1.807, 2.05) is 0 Å². The van der Waals surface area contributed by atoms with E-state index in [1.54, 1.807) is 44.2 Å². The minimum atomic E-state index is -5.08. The first kappa shape index (κ1) is 67.9. The fourth-order valence-corrected chi connectivity index (χ4v) is 6.22. The van der Waals surface area contributed by atoms with Crippen molar-refractivity contribution < 1.29 is 102 Å². The van der Waals surface area contributed by atoms with Crippen molar-refractivity contribution in [3.05, 3.63) is 35.9 Å². The molecule has 1 rings (SSSR count). The summed E-state index contributed by atoms with van der Waals surface area (Å²) in [6.07, 6.45) is -8.24. The summed E-state index contributed by atoms with van der Waals surface area (Å²) >= 11 is 0. The standard InChI is InChI=1S/C42H68N10O16.C2HF3O2/c1-6-20(2)31(50-41(66)33(23(5)56)51-35(60)25(44)16-24-12-8-7-9-13-24)39(64)48-28(18-53)37(62)45-21(3)34(59)47-27(17-30(57)58)36(61)52-32(22(4)55)40(65)49-29(19-54)38(63)46-26(42(67)68)14-10-11-15-43;3-2(4,5)1(6)7/h7-9,12-13,20-23,25-29,31-33,53-56H,6,10-11,14-19,43-44H2,1-5H3,(H,45,62)(H,46,63)(H,47,59)(H,48,64)(H,49,65)(H,50,66)(H,51,60)(H,52,61)(H,57,58)(H,67,68);(H,6,7)/t20-,21-,22+,23+,25-,26-,27-,28-,29-,31-,32-,33-;/m0./s1/i10+1,11+1,14+1,15+1,26+1,42+1,43+1,46+1;. The molecule has 12 atom stereocenters. The number of hydrogen-bond donors (Lipinski definition) is 17. The first-order chi connectivity index (χ1) is 34.9. The second-order valence-corrected chi connectivity index (χ2v) is 17.0. The number of hydrogen-bond acceptors (Lipinski definition) is 17. The molecular weight excluding hydrogens is 1020 g/mol. The summed E-state index contributed by atoms with van der Waals surface area (Å²) in [6, 6.07) is -5.77. The summed E-state index contributed by atoms with van der Waals surface area (Å²) in [5.74, 6) is -15.2. The molecule has 8 amide bonds. The molecule has 0 fully saturated rings. The summed E-state index contributed by atoms with van der Waals surface area (Å²) in [4.78, 5) is 138. The summed E-state index contributed by atoms with van der Waals surface area (Å²) in [5.41, 5.74) is 12.2. The van der Waals surface area contributed by atoms with Gasteiger partial charge in [-0.1, -0.05) is 50.6 Å². The molecular formula is C44H69F3N10O18. The molecule has 0 aromatic heterocycles. The van der Waals surface area contributed by atoms with Crippen molar-refractivity contribution in [1.29, 1.82) is 0 Å². The summed E-state index contributed by atoms with van der Waals surface area (Å²) < 4.78 is 31.7. The van der Waals surface area contributed by atoms with Crippen molar-refractivity contribution in [3.63, 3.8) is 0 Å². The van der Waals surface area contributed by atoms with Gasteiger partial charge in [0.05, 0.1) is 37.9 Å². The molecule has 424 valence electrons. The summed E-state index contributed by atoms with van der Waals surface area (Å²) in [6.45, 7) is 4.78. The minimum absolute atomic E-state index is 0.0297. The Bertz CT molecular complexity index is 2090. The molecule has 75 heavy (non-hydrogen) atoms. The van der Waals surface area contributed by atoms with Crippen molar-refractivity contribution in [3.8, 4) is 0 Å². The molecule has 1 aromatic carbocycles. The molecule has 31 heteroatoms. The van der Waals surface area contributed by atoms with E-state index >= 15 is 0 Å². The van der Waals surface area contributed by atoms with Gasteiger partial charge in [-0.05, 0) is 64.5 Å². The average molecular weight is 1090 g/mol. The number of carbonyl (C=O) groups excluding carboxylic acids is 8. The van der Waals surface area contributed by atoms with Gasteiger partial charge in [-0.3, -0.25) is 43.2 Å². The van der Waals surface area contributed by atoms with Gasteiger partial charge in [-0.25, -0.2) is 9.59 Å². The van der Waals surface area contributed by atoms with Crippen molar-refractivity contribution in [1.82, 2.24) is 42.5 Å². The third kappa shape index (κ3) is 25.2. The van der Waals surface area contributed by atoms with Crippen molar-refractivity contribution in [2.45, 2.75) is 146 Å². The van der Waals surface area contributed by atoms with E-state index in [2.05, 4.69) is 42.5 Å². The number of aliphatic hydroxyl groups is 4. The predicted octanol–water partition coefficient (Wildman–Crippen LogP) is -5.43. The fraction of sp³-hybridized carbons (Fsp3) is 0.614. The van der Waals surface area contributed by atoms with Gasteiger partial charge in [0.25, 0.3) is 0 Å². The third-order valence-electron chi connectivity index (χ3n) is 10.8. The van der Waals surface area contributed by atoms with E-state index < -0.39 is 163 Å². The predicted molar refractivity (Wildman–Crippen MR) is 253 cm³/mol. The lowest BCUT2D eigenvalue weighted by Crippen LogP contribution is -2.62. The molecule has 0 aliphatic carbocycles. The van der Waals surface area contributed by atoms with Crippen LogP contribution in [0.5, 0.6) is 0 Å². The summed E-state index contributed by atoms with van der Waals surface area (Å²) in [7, 11) is 0. The Morgan fingerprint density at radius 2 is 0.987 bits per heavy atom. The highest BCUT2D eigenvalue weighted by Gasteiger charge is 2.39. The van der Waals surface area contributed by atoms with Crippen LogP contribution in [0.15, 0.2) is 30.3 Å². The molecule has 0 unspecified atom stereocenters. The Balaban J connectivity index is 0.00000725. The van der Waals surface area contributed by atoms with E-state index in [0.29, 0.717) is 19.3 Å². The van der Waals surface area contributed by atoms with Crippen LogP contribution in [-0.4, -0.2) is 193 Å². The summed E-state index contributed by atoms with van der Waals surface area (Å²) in [5, 5.41) is 84.4. The SMILES string of the molecule is CC[C@H](C)[C@H](NC(=O)[C@@H](NC(=O)[C@@H](N)Cc1ccccc1)[C@@H](C)O)C(=O)N[C@@H](CO)C(=O)N[C@@H](C)C(=O)N[C@@H](CC(=O)O)C(=O)N[C@H](C(=O)N[C@@H](CO)C(=O)[15NH][13C@@H]([13CH2][13CH2][13CH2][13CH2][15NH2])[13C](=O)O)[C@@H](C)O.O=C(O)C(F)(F)F. The van der Waals surface area contributed by atoms with Crippen LogP contribution in [0.25, 0.3) is 0 Å². The molecule has 0 saturated carbocycles. The van der Waals surface area contributed by atoms with Crippen LogP contribution in [0, 0.1) is 5.92 Å². The number of nitrogens with two attached hydrogens (primary N) is 2. The molecule has 0 aliphatic heterocycles. The maximum atomic E-state index is 13.6. The Kier molecular flexibility index (Phi) is 30.5. The van der Waals surface area contributed by atoms with Crippen molar-refractivity contribution in [2.24, 2.45) is 17.4 Å². The first-order valence-corrected chi connectivity index (χ1v) is 23.1. The lowest BCUT2D eigenvalue weighted by atomic mass is 9.97. The van der Waals surface area contributed by atoms with Crippen LogP contribution in [0.2, 0.25) is 0 Å². The smallest absolute Gasteiger partial charge is 0.481 e.